The van der Waals surface area contributed by atoms with E-state index in [-0.39, 0.29) is 23.6 Å². The first-order chi connectivity index (χ1) is 14.5. The van der Waals surface area contributed by atoms with Gasteiger partial charge >= 0.3 is 0 Å². The summed E-state index contributed by atoms with van der Waals surface area (Å²) in [4.78, 5) is 44.3. The van der Waals surface area contributed by atoms with Gasteiger partial charge in [0.05, 0.1) is 11.1 Å². The highest BCUT2D eigenvalue weighted by Crippen LogP contribution is 2.23. The lowest BCUT2D eigenvalue weighted by Crippen LogP contribution is -2.47. The van der Waals surface area contributed by atoms with Crippen LogP contribution in [0.25, 0.3) is 0 Å². The Balaban J connectivity index is 1.49. The van der Waals surface area contributed by atoms with Gasteiger partial charge < -0.3 is 16.0 Å². The van der Waals surface area contributed by atoms with Crippen LogP contribution >= 0.6 is 0 Å². The van der Waals surface area contributed by atoms with Gasteiger partial charge in [-0.05, 0) is 50.7 Å². The summed E-state index contributed by atoms with van der Waals surface area (Å²) in [6.07, 6.45) is 3.93. The number of primary amides is 1. The largest absolute Gasteiger partial charge is 0.370 e. The minimum Gasteiger partial charge on any atom is -0.370 e. The van der Waals surface area contributed by atoms with Gasteiger partial charge in [0.15, 0.2) is 5.96 Å². The number of hydrogen-bond acceptors (Lipinski definition) is 4. The molecule has 8 heteroatoms. The Bertz CT molecular complexity index is 788. The number of amides is 3. The van der Waals surface area contributed by atoms with Crippen molar-refractivity contribution in [1.82, 2.24) is 15.1 Å². The number of carbonyl (C=O) groups excluding carboxylic acids is 3. The van der Waals surface area contributed by atoms with E-state index in [0.717, 1.165) is 44.9 Å². The summed E-state index contributed by atoms with van der Waals surface area (Å²) in [7, 11) is 0. The smallest absolute Gasteiger partial charge is 0.261 e. The molecular weight excluding hydrogens is 382 g/mol. The number of fused-ring (bicyclic) bond motifs is 1. The molecule has 0 aromatic heterocycles. The summed E-state index contributed by atoms with van der Waals surface area (Å²) in [5.74, 6) is 0.459. The summed E-state index contributed by atoms with van der Waals surface area (Å²) in [6, 6.07) is 6.96. The van der Waals surface area contributed by atoms with Crippen LogP contribution in [0.1, 0.15) is 59.7 Å². The van der Waals surface area contributed by atoms with Crippen molar-refractivity contribution in [2.75, 3.05) is 32.7 Å². The maximum absolute atomic E-state index is 12.4. The van der Waals surface area contributed by atoms with Crippen LogP contribution in [0.2, 0.25) is 0 Å². The van der Waals surface area contributed by atoms with Crippen LogP contribution in [0.4, 0.5) is 0 Å². The molecule has 0 radical (unpaired) electrons. The van der Waals surface area contributed by atoms with Crippen LogP contribution in [-0.4, -0.2) is 66.2 Å². The fraction of sp³-hybridized carbons (Fsp3) is 0.545. The van der Waals surface area contributed by atoms with Crippen LogP contribution < -0.4 is 11.1 Å². The zero-order valence-electron chi connectivity index (χ0n) is 17.6. The molecule has 2 aliphatic heterocycles. The number of nitrogens with one attached hydrogen (secondary N) is 1. The number of aliphatic imine (C=N–C) groups is 1. The number of nitrogens with zero attached hydrogens (tertiary/aromatic N) is 3. The number of nitrogens with two attached hydrogens (primary N) is 1. The number of benzene rings is 1. The van der Waals surface area contributed by atoms with Gasteiger partial charge in [0.2, 0.25) is 5.91 Å². The van der Waals surface area contributed by atoms with E-state index in [4.69, 9.17) is 10.7 Å². The number of imide groups is 1. The highest BCUT2D eigenvalue weighted by atomic mass is 16.2. The molecule has 30 heavy (non-hydrogen) atoms. The summed E-state index contributed by atoms with van der Waals surface area (Å²) in [6.45, 7) is 5.51. The molecule has 1 aromatic rings. The van der Waals surface area contributed by atoms with Crippen LogP contribution in [0.3, 0.4) is 0 Å². The van der Waals surface area contributed by atoms with Gasteiger partial charge in [-0.15, -0.1) is 0 Å². The predicted molar refractivity (Wildman–Crippen MR) is 115 cm³/mol. The SMILES string of the molecule is CCNC(=NCCCCN1C(=O)c2ccccc2C1=O)N1CCCC(CC(N)=O)C1. The molecule has 0 spiro atoms. The third kappa shape index (κ3) is 5.17. The lowest BCUT2D eigenvalue weighted by Gasteiger charge is -2.34. The van der Waals surface area contributed by atoms with E-state index < -0.39 is 0 Å². The predicted octanol–water partition coefficient (Wildman–Crippen LogP) is 1.62. The lowest BCUT2D eigenvalue weighted by molar-refractivity contribution is -0.119. The minimum absolute atomic E-state index is 0.207. The molecule has 0 bridgehead atoms. The van der Waals surface area contributed by atoms with Crippen molar-refractivity contribution in [3.63, 3.8) is 0 Å². The van der Waals surface area contributed by atoms with Gasteiger partial charge in [0.1, 0.15) is 0 Å². The first-order valence-electron chi connectivity index (χ1n) is 10.8. The van der Waals surface area contributed by atoms with Crippen LogP contribution in [0.5, 0.6) is 0 Å². The number of hydrogen-bond donors (Lipinski definition) is 2. The Kier molecular flexibility index (Phi) is 7.43. The average molecular weight is 414 g/mol. The summed E-state index contributed by atoms with van der Waals surface area (Å²) < 4.78 is 0. The number of carbonyl (C=O) groups is 3. The lowest BCUT2D eigenvalue weighted by atomic mass is 9.95. The number of guanidine groups is 1. The number of unbranched alkanes of at least 4 members (excludes halogenated alkanes) is 1. The van der Waals surface area contributed by atoms with Gasteiger partial charge in [-0.25, -0.2) is 0 Å². The highest BCUT2D eigenvalue weighted by molar-refractivity contribution is 6.21. The van der Waals surface area contributed by atoms with Gasteiger partial charge in [0.25, 0.3) is 11.8 Å². The Morgan fingerprint density at radius 2 is 1.90 bits per heavy atom. The van der Waals surface area contributed by atoms with Gasteiger partial charge in [-0.1, -0.05) is 12.1 Å². The van der Waals surface area contributed by atoms with Crippen molar-refractivity contribution in [3.05, 3.63) is 35.4 Å². The Morgan fingerprint density at radius 3 is 2.53 bits per heavy atom. The van der Waals surface area contributed by atoms with Gasteiger partial charge in [0, 0.05) is 39.1 Å². The summed E-state index contributed by atoms with van der Waals surface area (Å²) in [5, 5.41) is 3.33. The zero-order valence-corrected chi connectivity index (χ0v) is 17.6. The molecule has 8 nitrogen and oxygen atoms in total. The van der Waals surface area contributed by atoms with Crippen molar-refractivity contribution in [1.29, 1.82) is 0 Å². The third-order valence-corrected chi connectivity index (χ3v) is 5.57. The van der Waals surface area contributed by atoms with E-state index in [1.165, 1.54) is 4.90 Å². The molecule has 1 aromatic carbocycles. The summed E-state index contributed by atoms with van der Waals surface area (Å²) >= 11 is 0. The molecule has 1 unspecified atom stereocenters. The van der Waals surface area contributed by atoms with Crippen molar-refractivity contribution >= 4 is 23.7 Å². The number of likely N-dealkylation sites (tertiary alicyclic amines) is 1. The molecule has 0 aliphatic carbocycles. The fourth-order valence-corrected chi connectivity index (χ4v) is 4.14. The van der Waals surface area contributed by atoms with E-state index in [0.29, 0.717) is 37.1 Å². The standard InChI is InChI=1S/C22H31N5O3/c1-2-24-22(26-12-7-8-16(15-26)14-19(23)28)25-11-5-6-13-27-20(29)17-9-3-4-10-18(17)21(27)30/h3-4,9-10,16H,2,5-8,11-15H2,1H3,(H2,23,28)(H,24,25). The average Bonchev–Trinajstić information content (AvgIpc) is 2.97. The second-order valence-electron chi connectivity index (χ2n) is 7.87. The molecular formula is C22H31N5O3. The highest BCUT2D eigenvalue weighted by Gasteiger charge is 2.34. The Labute approximate surface area is 177 Å². The summed E-state index contributed by atoms with van der Waals surface area (Å²) in [5.41, 5.74) is 6.34. The first-order valence-corrected chi connectivity index (χ1v) is 10.8. The number of piperidine rings is 1. The molecule has 2 heterocycles. The van der Waals surface area contributed by atoms with E-state index in [2.05, 4.69) is 10.2 Å². The van der Waals surface area contributed by atoms with E-state index in [9.17, 15) is 14.4 Å². The molecule has 0 saturated carbocycles. The molecule has 1 fully saturated rings. The second-order valence-corrected chi connectivity index (χ2v) is 7.87. The van der Waals surface area contributed by atoms with E-state index in [1.54, 1.807) is 24.3 Å². The van der Waals surface area contributed by atoms with Crippen molar-refractivity contribution in [2.45, 2.75) is 39.0 Å². The second kappa shape index (κ2) is 10.2. The minimum atomic E-state index is -0.253. The number of rotatable bonds is 8. The molecule has 1 saturated heterocycles. The van der Waals surface area contributed by atoms with Crippen LogP contribution in [0, 0.1) is 5.92 Å². The van der Waals surface area contributed by atoms with Crippen molar-refractivity contribution in [2.24, 2.45) is 16.6 Å². The fourth-order valence-electron chi connectivity index (χ4n) is 4.14. The Hall–Kier alpha value is -2.90. The van der Waals surface area contributed by atoms with Crippen LogP contribution in [0.15, 0.2) is 29.3 Å². The van der Waals surface area contributed by atoms with E-state index in [1.807, 2.05) is 6.92 Å². The molecule has 162 valence electrons. The third-order valence-electron chi connectivity index (χ3n) is 5.57. The topological polar surface area (TPSA) is 108 Å². The monoisotopic (exact) mass is 413 g/mol. The normalized spacial score (nSPS) is 19.2. The molecule has 3 rings (SSSR count). The zero-order chi connectivity index (χ0) is 21.5. The van der Waals surface area contributed by atoms with Crippen molar-refractivity contribution < 1.29 is 14.4 Å². The Morgan fingerprint density at radius 1 is 1.20 bits per heavy atom. The first kappa shape index (κ1) is 21.8. The molecule has 2 aliphatic rings. The molecule has 1 atom stereocenters. The maximum Gasteiger partial charge on any atom is 0.261 e. The van der Waals surface area contributed by atoms with Gasteiger partial charge in [-0.3, -0.25) is 24.3 Å². The van der Waals surface area contributed by atoms with E-state index >= 15 is 0 Å². The molecule has 3 amide bonds. The van der Waals surface area contributed by atoms with Crippen LogP contribution in [-0.2, 0) is 4.79 Å². The maximum atomic E-state index is 12.4. The quantitative estimate of drug-likeness (QED) is 0.291. The van der Waals surface area contributed by atoms with Crippen molar-refractivity contribution in [3.8, 4) is 0 Å². The molecule has 3 N–H and O–H groups in total. The van der Waals surface area contributed by atoms with Gasteiger partial charge in [-0.2, -0.15) is 0 Å².